The van der Waals surface area contributed by atoms with Gasteiger partial charge in [0.2, 0.25) is 5.91 Å². The molecule has 1 N–H and O–H groups in total. The zero-order valence-electron chi connectivity index (χ0n) is 11.6. The largest absolute Gasteiger partial charge is 0.356 e. The van der Waals surface area contributed by atoms with Crippen LogP contribution in [0, 0.1) is 5.82 Å². The van der Waals surface area contributed by atoms with Gasteiger partial charge in [-0.25, -0.2) is 4.39 Å². The zero-order chi connectivity index (χ0) is 15.1. The quantitative estimate of drug-likeness (QED) is 0.842. The van der Waals surface area contributed by atoms with Crippen LogP contribution in [-0.2, 0) is 17.6 Å². The number of aryl methyl sites for hydroxylation is 1. The van der Waals surface area contributed by atoms with Crippen LogP contribution < -0.4 is 5.32 Å². The van der Waals surface area contributed by atoms with Crippen LogP contribution in [0.15, 0.2) is 53.0 Å². The van der Waals surface area contributed by atoms with E-state index in [0.717, 1.165) is 22.0 Å². The zero-order valence-corrected chi connectivity index (χ0v) is 13.2. The molecular formula is C17H17BrFNO. The summed E-state index contributed by atoms with van der Waals surface area (Å²) in [6.07, 6.45) is 1.91. The average Bonchev–Trinajstić information content (AvgIpc) is 2.47. The molecule has 2 nitrogen and oxygen atoms in total. The van der Waals surface area contributed by atoms with E-state index in [2.05, 4.69) is 21.2 Å². The number of rotatable bonds is 6. The fraction of sp³-hybridized carbons (Fsp3) is 0.235. The van der Waals surface area contributed by atoms with Gasteiger partial charge < -0.3 is 5.32 Å². The lowest BCUT2D eigenvalue weighted by molar-refractivity contribution is -0.121. The van der Waals surface area contributed by atoms with Crippen LogP contribution in [0.3, 0.4) is 0 Å². The summed E-state index contributed by atoms with van der Waals surface area (Å²) < 4.78 is 13.8. The second-order valence-corrected chi connectivity index (χ2v) is 5.77. The monoisotopic (exact) mass is 349 g/mol. The molecule has 0 radical (unpaired) electrons. The van der Waals surface area contributed by atoms with Crippen LogP contribution in [0.2, 0.25) is 0 Å². The highest BCUT2D eigenvalue weighted by molar-refractivity contribution is 9.10. The molecule has 0 fully saturated rings. The third kappa shape index (κ3) is 5.68. The van der Waals surface area contributed by atoms with Crippen LogP contribution in [0.4, 0.5) is 4.39 Å². The van der Waals surface area contributed by atoms with Crippen molar-refractivity contribution in [3.8, 4) is 0 Å². The first-order chi connectivity index (χ1) is 10.1. The summed E-state index contributed by atoms with van der Waals surface area (Å²) in [6.45, 7) is 0.572. The van der Waals surface area contributed by atoms with E-state index in [1.807, 2.05) is 24.3 Å². The van der Waals surface area contributed by atoms with Gasteiger partial charge in [-0.05, 0) is 48.2 Å². The number of benzene rings is 2. The number of hydrogen-bond acceptors (Lipinski definition) is 1. The van der Waals surface area contributed by atoms with Crippen molar-refractivity contribution < 1.29 is 9.18 Å². The molecular weight excluding hydrogens is 333 g/mol. The molecule has 110 valence electrons. The van der Waals surface area contributed by atoms with Gasteiger partial charge in [0.25, 0.3) is 0 Å². The number of nitrogens with one attached hydrogen (secondary N) is 1. The van der Waals surface area contributed by atoms with E-state index in [0.29, 0.717) is 19.4 Å². The number of halogens is 2. The Morgan fingerprint density at radius 2 is 1.81 bits per heavy atom. The molecule has 4 heteroatoms. The molecule has 0 saturated carbocycles. The van der Waals surface area contributed by atoms with E-state index in [1.165, 1.54) is 12.1 Å². The summed E-state index contributed by atoms with van der Waals surface area (Å²) in [7, 11) is 0. The Bertz CT molecular complexity index is 598. The van der Waals surface area contributed by atoms with Gasteiger partial charge in [0.05, 0.1) is 0 Å². The maximum atomic E-state index is 12.8. The molecule has 0 aliphatic rings. The van der Waals surface area contributed by atoms with Crippen molar-refractivity contribution in [1.29, 1.82) is 0 Å². The van der Waals surface area contributed by atoms with E-state index in [-0.39, 0.29) is 11.7 Å². The lowest BCUT2D eigenvalue weighted by Gasteiger charge is -2.06. The molecule has 2 aromatic rings. The third-order valence-corrected chi connectivity index (χ3v) is 3.67. The lowest BCUT2D eigenvalue weighted by Crippen LogP contribution is -2.25. The summed E-state index contributed by atoms with van der Waals surface area (Å²) in [5.74, 6) is -0.200. The molecule has 2 rings (SSSR count). The lowest BCUT2D eigenvalue weighted by atomic mass is 10.1. The van der Waals surface area contributed by atoms with Gasteiger partial charge in [-0.3, -0.25) is 4.79 Å². The predicted molar refractivity (Wildman–Crippen MR) is 85.6 cm³/mol. The number of hydrogen-bond donors (Lipinski definition) is 1. The first-order valence-electron chi connectivity index (χ1n) is 6.89. The number of amides is 1. The Balaban J connectivity index is 1.69. The number of carbonyl (C=O) groups is 1. The molecule has 0 aliphatic heterocycles. The molecule has 0 spiro atoms. The molecule has 0 atom stereocenters. The average molecular weight is 350 g/mol. The Labute approximate surface area is 132 Å². The number of carbonyl (C=O) groups excluding carboxylic acids is 1. The van der Waals surface area contributed by atoms with Gasteiger partial charge in [0.15, 0.2) is 0 Å². The SMILES string of the molecule is O=C(CCc1cccc(Br)c1)NCCc1ccc(F)cc1. The van der Waals surface area contributed by atoms with Gasteiger partial charge in [0.1, 0.15) is 5.82 Å². The Hall–Kier alpha value is -1.68. The summed E-state index contributed by atoms with van der Waals surface area (Å²) in [4.78, 5) is 11.8. The minimum atomic E-state index is -0.239. The Morgan fingerprint density at radius 3 is 2.52 bits per heavy atom. The van der Waals surface area contributed by atoms with E-state index in [1.54, 1.807) is 12.1 Å². The van der Waals surface area contributed by atoms with E-state index in [4.69, 9.17) is 0 Å². The van der Waals surface area contributed by atoms with E-state index < -0.39 is 0 Å². The van der Waals surface area contributed by atoms with Crippen molar-refractivity contribution in [3.63, 3.8) is 0 Å². The molecule has 0 saturated heterocycles. The second kappa shape index (κ2) is 7.93. The van der Waals surface area contributed by atoms with E-state index >= 15 is 0 Å². The minimum Gasteiger partial charge on any atom is -0.356 e. The maximum absolute atomic E-state index is 12.8. The first-order valence-corrected chi connectivity index (χ1v) is 7.68. The summed E-state index contributed by atoms with van der Waals surface area (Å²) >= 11 is 3.41. The second-order valence-electron chi connectivity index (χ2n) is 4.86. The first kappa shape index (κ1) is 15.7. The van der Waals surface area contributed by atoms with Crippen molar-refractivity contribution >= 4 is 21.8 Å². The Morgan fingerprint density at radius 1 is 1.05 bits per heavy atom. The van der Waals surface area contributed by atoms with Crippen molar-refractivity contribution in [2.45, 2.75) is 19.3 Å². The van der Waals surface area contributed by atoms with Crippen molar-refractivity contribution in [3.05, 3.63) is 69.9 Å². The molecule has 0 bridgehead atoms. The van der Waals surface area contributed by atoms with Crippen molar-refractivity contribution in [2.24, 2.45) is 0 Å². The van der Waals surface area contributed by atoms with Crippen LogP contribution in [0.25, 0.3) is 0 Å². The minimum absolute atomic E-state index is 0.0390. The molecule has 0 unspecified atom stereocenters. The molecule has 0 aromatic heterocycles. The van der Waals surface area contributed by atoms with Crippen LogP contribution in [-0.4, -0.2) is 12.5 Å². The third-order valence-electron chi connectivity index (χ3n) is 3.18. The molecule has 0 aliphatic carbocycles. The van der Waals surface area contributed by atoms with Gasteiger partial charge in [0, 0.05) is 17.4 Å². The molecule has 2 aromatic carbocycles. The molecule has 21 heavy (non-hydrogen) atoms. The van der Waals surface area contributed by atoms with Gasteiger partial charge in [-0.15, -0.1) is 0 Å². The fourth-order valence-electron chi connectivity index (χ4n) is 2.04. The maximum Gasteiger partial charge on any atom is 0.220 e. The fourth-order valence-corrected chi connectivity index (χ4v) is 2.48. The smallest absolute Gasteiger partial charge is 0.220 e. The highest BCUT2D eigenvalue weighted by Crippen LogP contribution is 2.12. The van der Waals surface area contributed by atoms with Gasteiger partial charge >= 0.3 is 0 Å². The van der Waals surface area contributed by atoms with Gasteiger partial charge in [-0.2, -0.15) is 0 Å². The van der Waals surface area contributed by atoms with Crippen molar-refractivity contribution in [1.82, 2.24) is 5.32 Å². The highest BCUT2D eigenvalue weighted by Gasteiger charge is 2.02. The molecule has 1 amide bonds. The van der Waals surface area contributed by atoms with Crippen LogP contribution in [0.1, 0.15) is 17.5 Å². The summed E-state index contributed by atoms with van der Waals surface area (Å²) in [6, 6.07) is 14.3. The topological polar surface area (TPSA) is 29.1 Å². The summed E-state index contributed by atoms with van der Waals surface area (Å²) in [5, 5.41) is 2.89. The van der Waals surface area contributed by atoms with Crippen LogP contribution >= 0.6 is 15.9 Å². The van der Waals surface area contributed by atoms with Gasteiger partial charge in [-0.1, -0.05) is 40.2 Å². The molecule has 0 heterocycles. The predicted octanol–water partition coefficient (Wildman–Crippen LogP) is 3.88. The normalized spacial score (nSPS) is 10.4. The highest BCUT2D eigenvalue weighted by atomic mass is 79.9. The van der Waals surface area contributed by atoms with Crippen molar-refractivity contribution in [2.75, 3.05) is 6.54 Å². The Kier molecular flexibility index (Phi) is 5.93. The standard InChI is InChI=1S/C17H17BrFNO/c18-15-3-1-2-14(12-15)6-9-17(21)20-11-10-13-4-7-16(19)8-5-13/h1-5,7-8,12H,6,9-11H2,(H,20,21). The van der Waals surface area contributed by atoms with Crippen LogP contribution in [0.5, 0.6) is 0 Å². The van der Waals surface area contributed by atoms with E-state index in [9.17, 15) is 9.18 Å². The summed E-state index contributed by atoms with van der Waals surface area (Å²) in [5.41, 5.74) is 2.15.